The number of hydrogen-bond acceptors (Lipinski definition) is 6. The van der Waals surface area contributed by atoms with E-state index in [2.05, 4.69) is 57.1 Å². The van der Waals surface area contributed by atoms with Crippen LogP contribution in [0, 0.1) is 0 Å². The van der Waals surface area contributed by atoms with Crippen LogP contribution in [0.15, 0.2) is 12.2 Å². The van der Waals surface area contributed by atoms with E-state index in [-0.39, 0.29) is 6.61 Å². The van der Waals surface area contributed by atoms with E-state index in [4.69, 9.17) is 17.7 Å². The normalized spacial score (nSPS) is 12.9. The first-order valence-electron chi connectivity index (χ1n) is 9.10. The molecule has 9 heteroatoms. The topological polar surface area (TPSA) is 63.2 Å². The van der Waals surface area contributed by atoms with Crippen molar-refractivity contribution >= 4 is 31.2 Å². The fraction of sp³-hybridized carbons (Fsp3) is 0.824. The maximum Gasteiger partial charge on any atom is 0.335 e. The molecule has 0 aliphatic rings. The van der Waals surface area contributed by atoms with Crippen molar-refractivity contribution in [3.05, 3.63) is 12.2 Å². The summed E-state index contributed by atoms with van der Waals surface area (Å²) in [5.41, 5.74) is 0.307. The highest BCUT2D eigenvalue weighted by molar-refractivity contribution is 6.87. The summed E-state index contributed by atoms with van der Waals surface area (Å²) < 4.78 is 28.4. The first kappa shape index (κ1) is 25.7. The van der Waals surface area contributed by atoms with Gasteiger partial charge in [-0.1, -0.05) is 6.58 Å². The molecular formula is C17H38O6Si3. The number of methoxy groups -OCH3 is 1. The molecule has 0 fully saturated rings. The number of hydrogen-bond donors (Lipinski definition) is 0. The van der Waals surface area contributed by atoms with Crippen molar-refractivity contribution in [1.82, 2.24) is 0 Å². The lowest BCUT2D eigenvalue weighted by Gasteiger charge is -2.38. The average molecular weight is 423 g/mol. The van der Waals surface area contributed by atoms with Gasteiger partial charge in [0.1, 0.15) is 0 Å². The Morgan fingerprint density at radius 3 is 1.81 bits per heavy atom. The summed E-state index contributed by atoms with van der Waals surface area (Å²) in [5, 5.41) is 0. The van der Waals surface area contributed by atoms with Gasteiger partial charge in [-0.2, -0.15) is 0 Å². The van der Waals surface area contributed by atoms with Gasteiger partial charge in [0.25, 0.3) is 0 Å². The number of esters is 1. The third kappa shape index (κ3) is 13.8. The van der Waals surface area contributed by atoms with Gasteiger partial charge < -0.3 is 22.4 Å². The van der Waals surface area contributed by atoms with E-state index >= 15 is 0 Å². The van der Waals surface area contributed by atoms with Gasteiger partial charge in [-0.25, -0.2) is 4.79 Å². The molecule has 0 aromatic heterocycles. The van der Waals surface area contributed by atoms with Gasteiger partial charge in [-0.3, -0.25) is 0 Å². The molecule has 0 aromatic carbocycles. The number of carbonyl (C=O) groups is 1. The van der Waals surface area contributed by atoms with Gasteiger partial charge in [0.05, 0.1) is 32.5 Å². The Bertz CT molecular complexity index is 427. The maximum atomic E-state index is 11.2. The van der Waals surface area contributed by atoms with Crippen LogP contribution in [0.4, 0.5) is 0 Å². The molecule has 0 aliphatic carbocycles. The number of rotatable bonds is 14. The van der Waals surface area contributed by atoms with Crippen LogP contribution in [0.3, 0.4) is 0 Å². The first-order valence-corrected chi connectivity index (χ1v) is 18.4. The van der Waals surface area contributed by atoms with Crippen molar-refractivity contribution in [3.8, 4) is 0 Å². The Morgan fingerprint density at radius 2 is 1.35 bits per heavy atom. The molecule has 0 rings (SSSR count). The van der Waals surface area contributed by atoms with E-state index < -0.39 is 31.2 Å². The fourth-order valence-electron chi connectivity index (χ4n) is 2.53. The molecule has 0 spiro atoms. The lowest BCUT2D eigenvalue weighted by molar-refractivity contribution is -0.136. The molecule has 0 atom stereocenters. The van der Waals surface area contributed by atoms with E-state index in [9.17, 15) is 4.79 Å². The van der Waals surface area contributed by atoms with Crippen molar-refractivity contribution in [2.45, 2.75) is 58.3 Å². The standard InChI is InChI=1S/C17H38O6Si3/c1-16(17(18)19-2)15-21-13-12-20-11-10-14-26(9,22-24(3,4)5)23-25(6,7)8/h1,10-15H2,2-9H3. The Hall–Kier alpha value is -0.299. The summed E-state index contributed by atoms with van der Waals surface area (Å²) in [6, 6.07) is 0.932. The maximum absolute atomic E-state index is 11.2. The van der Waals surface area contributed by atoms with Crippen LogP contribution in [-0.4, -0.2) is 64.7 Å². The van der Waals surface area contributed by atoms with E-state index in [1.54, 1.807) is 0 Å². The lowest BCUT2D eigenvalue weighted by Crippen LogP contribution is -2.52. The van der Waals surface area contributed by atoms with Crippen LogP contribution >= 0.6 is 0 Å². The van der Waals surface area contributed by atoms with Crippen LogP contribution < -0.4 is 0 Å². The van der Waals surface area contributed by atoms with E-state index in [0.29, 0.717) is 25.4 Å². The average Bonchev–Trinajstić information content (AvgIpc) is 2.44. The minimum absolute atomic E-state index is 0.162. The molecule has 0 aliphatic heterocycles. The van der Waals surface area contributed by atoms with Crippen LogP contribution in [0.1, 0.15) is 6.42 Å². The molecule has 26 heavy (non-hydrogen) atoms. The molecule has 0 radical (unpaired) electrons. The molecule has 6 nitrogen and oxygen atoms in total. The van der Waals surface area contributed by atoms with Gasteiger partial charge in [-0.05, 0) is 58.3 Å². The summed E-state index contributed by atoms with van der Waals surface area (Å²) in [4.78, 5) is 11.2. The van der Waals surface area contributed by atoms with E-state index in [1.807, 2.05) is 0 Å². The zero-order chi connectivity index (χ0) is 20.4. The van der Waals surface area contributed by atoms with Crippen LogP contribution in [0.2, 0.25) is 51.9 Å². The first-order chi connectivity index (χ1) is 11.8. The Morgan fingerprint density at radius 1 is 0.846 bits per heavy atom. The smallest absolute Gasteiger partial charge is 0.335 e. The second-order valence-corrected chi connectivity index (χ2v) is 21.3. The zero-order valence-electron chi connectivity index (χ0n) is 17.9. The zero-order valence-corrected chi connectivity index (χ0v) is 20.9. The highest BCUT2D eigenvalue weighted by atomic mass is 28.5. The Balaban J connectivity index is 4.09. The van der Waals surface area contributed by atoms with E-state index in [0.717, 1.165) is 12.5 Å². The summed E-state index contributed by atoms with van der Waals surface area (Å²) >= 11 is 0. The second-order valence-electron chi connectivity index (χ2n) is 8.43. The van der Waals surface area contributed by atoms with Crippen molar-refractivity contribution in [2.75, 3.05) is 33.5 Å². The summed E-state index contributed by atoms with van der Waals surface area (Å²) in [6.07, 6.45) is 0.909. The van der Waals surface area contributed by atoms with Gasteiger partial charge in [0.2, 0.25) is 0 Å². The van der Waals surface area contributed by atoms with Gasteiger partial charge in [0, 0.05) is 6.61 Å². The molecular weight excluding hydrogens is 384 g/mol. The Kier molecular flexibility index (Phi) is 11.4. The quantitative estimate of drug-likeness (QED) is 0.183. The molecule has 0 saturated carbocycles. The molecule has 0 amide bonds. The van der Waals surface area contributed by atoms with Crippen LogP contribution in [0.5, 0.6) is 0 Å². The second kappa shape index (κ2) is 11.5. The highest BCUT2D eigenvalue weighted by Crippen LogP contribution is 2.25. The predicted molar refractivity (Wildman–Crippen MR) is 113 cm³/mol. The van der Waals surface area contributed by atoms with Crippen LogP contribution in [-0.2, 0) is 27.2 Å². The third-order valence-corrected chi connectivity index (χ3v) is 12.7. The molecule has 0 N–H and O–H groups in total. The van der Waals surface area contributed by atoms with Crippen molar-refractivity contribution in [1.29, 1.82) is 0 Å². The predicted octanol–water partition coefficient (Wildman–Crippen LogP) is 3.91. The van der Waals surface area contributed by atoms with Crippen molar-refractivity contribution < 1.29 is 27.2 Å². The molecule has 154 valence electrons. The van der Waals surface area contributed by atoms with E-state index in [1.165, 1.54) is 7.11 Å². The van der Waals surface area contributed by atoms with Gasteiger partial charge in [0.15, 0.2) is 16.6 Å². The molecule has 0 aromatic rings. The summed E-state index contributed by atoms with van der Waals surface area (Å²) in [5.74, 6) is -0.444. The molecule has 0 saturated heterocycles. The fourth-order valence-corrected chi connectivity index (χ4v) is 15.0. The molecule has 0 unspecified atom stereocenters. The van der Waals surface area contributed by atoms with Crippen molar-refractivity contribution in [2.24, 2.45) is 0 Å². The molecule has 0 heterocycles. The highest BCUT2D eigenvalue weighted by Gasteiger charge is 2.39. The lowest BCUT2D eigenvalue weighted by atomic mass is 10.3. The summed E-state index contributed by atoms with van der Waals surface area (Å²) in [7, 11) is -4.15. The largest absolute Gasteiger partial charge is 0.466 e. The van der Waals surface area contributed by atoms with Gasteiger partial charge >= 0.3 is 14.5 Å². The monoisotopic (exact) mass is 422 g/mol. The third-order valence-electron chi connectivity index (χ3n) is 3.09. The minimum atomic E-state index is -2.18. The number of ether oxygens (including phenoxy) is 3. The summed E-state index contributed by atoms with van der Waals surface area (Å²) in [6.45, 7) is 20.8. The number of carbonyl (C=O) groups excluding carboxylic acids is 1. The van der Waals surface area contributed by atoms with Gasteiger partial charge in [-0.15, -0.1) is 0 Å². The van der Waals surface area contributed by atoms with Crippen LogP contribution in [0.25, 0.3) is 0 Å². The molecule has 0 bridgehead atoms. The SMILES string of the molecule is C=C(COCCOCCC[Si](C)(O[Si](C)(C)C)O[Si](C)(C)C)C(=O)OC. The van der Waals surface area contributed by atoms with Crippen molar-refractivity contribution in [3.63, 3.8) is 0 Å². The Labute approximate surface area is 162 Å². The minimum Gasteiger partial charge on any atom is -0.466 e.